The normalized spacial score (nSPS) is 29.0. The van der Waals surface area contributed by atoms with Gasteiger partial charge in [-0.1, -0.05) is 24.1 Å². The Morgan fingerprint density at radius 1 is 1.11 bits per heavy atom. The third-order valence-corrected chi connectivity index (χ3v) is 11.4. The van der Waals surface area contributed by atoms with Gasteiger partial charge in [0.05, 0.1) is 43.4 Å². The lowest BCUT2D eigenvalue weighted by Crippen LogP contribution is -2.51. The van der Waals surface area contributed by atoms with Crippen molar-refractivity contribution in [1.29, 1.82) is 0 Å². The van der Waals surface area contributed by atoms with Crippen LogP contribution >= 0.6 is 11.6 Å². The third kappa shape index (κ3) is 6.48. The molecular formula is C34H44ClNO7S. The zero-order valence-electron chi connectivity index (χ0n) is 25.9. The molecule has 0 radical (unpaired) electrons. The van der Waals surface area contributed by atoms with Gasteiger partial charge < -0.3 is 19.1 Å². The molecule has 3 aliphatic carbocycles. The first-order valence-corrected chi connectivity index (χ1v) is 18.1. The van der Waals surface area contributed by atoms with Gasteiger partial charge in [0.2, 0.25) is 0 Å². The molecular weight excluding hydrogens is 602 g/mol. The van der Waals surface area contributed by atoms with Gasteiger partial charge in [-0.05, 0) is 111 Å². The predicted octanol–water partition coefficient (Wildman–Crippen LogP) is 6.18. The molecule has 2 fully saturated rings. The molecule has 240 valence electrons. The van der Waals surface area contributed by atoms with Gasteiger partial charge in [0.25, 0.3) is 10.1 Å². The van der Waals surface area contributed by atoms with Crippen LogP contribution in [0.2, 0.25) is 5.02 Å². The molecule has 44 heavy (non-hydrogen) atoms. The average molecular weight is 646 g/mol. The van der Waals surface area contributed by atoms with E-state index in [1.54, 1.807) is 13.2 Å². The van der Waals surface area contributed by atoms with Crippen LogP contribution < -0.4 is 9.64 Å². The number of methoxy groups -OCH3 is 2. The lowest BCUT2D eigenvalue weighted by atomic mass is 9.65. The van der Waals surface area contributed by atoms with E-state index in [0.717, 1.165) is 87.2 Å². The Balaban J connectivity index is 1.29. The van der Waals surface area contributed by atoms with Crippen molar-refractivity contribution in [2.24, 2.45) is 17.8 Å². The summed E-state index contributed by atoms with van der Waals surface area (Å²) in [5.41, 5.74) is 3.81. The number of ether oxygens (including phenoxy) is 3. The van der Waals surface area contributed by atoms with E-state index in [1.165, 1.54) is 18.2 Å². The second kappa shape index (κ2) is 12.8. The molecule has 0 saturated heterocycles. The number of esters is 1. The minimum absolute atomic E-state index is 0.0373. The summed E-state index contributed by atoms with van der Waals surface area (Å²) >= 11 is 6.42. The van der Waals surface area contributed by atoms with Crippen LogP contribution in [0.5, 0.6) is 5.75 Å². The minimum atomic E-state index is -3.50. The van der Waals surface area contributed by atoms with Crippen LogP contribution in [0.25, 0.3) is 0 Å². The second-order valence-corrected chi connectivity index (χ2v) is 15.4. The summed E-state index contributed by atoms with van der Waals surface area (Å²) in [6.07, 6.45) is 9.51. The largest absolute Gasteiger partial charge is 0.490 e. The smallest absolute Gasteiger partial charge is 0.337 e. The van der Waals surface area contributed by atoms with Gasteiger partial charge in [-0.15, -0.1) is 0 Å². The van der Waals surface area contributed by atoms with E-state index in [4.69, 9.17) is 30.0 Å². The van der Waals surface area contributed by atoms with E-state index in [2.05, 4.69) is 17.0 Å². The van der Waals surface area contributed by atoms with Gasteiger partial charge in [-0.3, -0.25) is 4.18 Å². The van der Waals surface area contributed by atoms with Gasteiger partial charge >= 0.3 is 5.97 Å². The molecule has 0 N–H and O–H groups in total. The van der Waals surface area contributed by atoms with Crippen molar-refractivity contribution in [2.75, 3.05) is 45.1 Å². The molecule has 0 amide bonds. The highest BCUT2D eigenvalue weighted by Crippen LogP contribution is 2.48. The highest BCUT2D eigenvalue weighted by Gasteiger charge is 2.46. The summed E-state index contributed by atoms with van der Waals surface area (Å²) in [6.45, 7) is 2.14. The van der Waals surface area contributed by atoms with Crippen LogP contribution in [0, 0.1) is 17.8 Å². The number of aryl methyl sites for hydroxylation is 1. The van der Waals surface area contributed by atoms with Crippen LogP contribution in [0.1, 0.15) is 72.9 Å². The van der Waals surface area contributed by atoms with Gasteiger partial charge in [-0.25, -0.2) is 4.79 Å². The predicted molar refractivity (Wildman–Crippen MR) is 170 cm³/mol. The molecule has 10 heteroatoms. The number of benzene rings is 2. The van der Waals surface area contributed by atoms with Gasteiger partial charge in [0, 0.05) is 30.6 Å². The Morgan fingerprint density at radius 2 is 1.95 bits per heavy atom. The molecule has 1 aliphatic heterocycles. The number of halogens is 1. The molecule has 6 rings (SSSR count). The van der Waals surface area contributed by atoms with Crippen LogP contribution in [0.4, 0.5) is 5.69 Å². The van der Waals surface area contributed by atoms with Gasteiger partial charge in [0.15, 0.2) is 0 Å². The van der Waals surface area contributed by atoms with E-state index in [9.17, 15) is 13.2 Å². The van der Waals surface area contributed by atoms with Gasteiger partial charge in [-0.2, -0.15) is 8.42 Å². The number of carbonyl (C=O) groups is 1. The summed E-state index contributed by atoms with van der Waals surface area (Å²) in [6, 6.07) is 11.9. The molecule has 0 aromatic heterocycles. The van der Waals surface area contributed by atoms with E-state index in [0.29, 0.717) is 30.4 Å². The maximum absolute atomic E-state index is 12.6. The van der Waals surface area contributed by atoms with Crippen LogP contribution in [0.15, 0.2) is 36.4 Å². The molecule has 6 atom stereocenters. The third-order valence-electron chi connectivity index (χ3n) is 10.5. The second-order valence-electron chi connectivity index (χ2n) is 13.3. The van der Waals surface area contributed by atoms with E-state index < -0.39 is 10.1 Å². The fourth-order valence-corrected chi connectivity index (χ4v) is 9.29. The van der Waals surface area contributed by atoms with E-state index >= 15 is 0 Å². The summed E-state index contributed by atoms with van der Waals surface area (Å²) in [5.74, 6) is 1.40. The molecule has 8 nitrogen and oxygen atoms in total. The number of hydrogen-bond donors (Lipinski definition) is 0. The lowest BCUT2D eigenvalue weighted by molar-refractivity contribution is -0.0693. The zero-order valence-corrected chi connectivity index (χ0v) is 27.5. The Bertz CT molecular complexity index is 1480. The molecule has 1 heterocycles. The van der Waals surface area contributed by atoms with Crippen molar-refractivity contribution in [3.8, 4) is 5.75 Å². The molecule has 0 unspecified atom stereocenters. The van der Waals surface area contributed by atoms with Crippen molar-refractivity contribution in [1.82, 2.24) is 0 Å². The topological polar surface area (TPSA) is 91.4 Å². The van der Waals surface area contributed by atoms with E-state index in [-0.39, 0.29) is 29.5 Å². The number of nitrogens with zero attached hydrogens (tertiary/aromatic N) is 1. The standard InChI is InChI=1S/C34H44ClNO7S/c1-40-32(23-6-4-8-27(17-23)43-44(3,38)39)28-12-9-25(28)19-36-20-34(15-5-7-22-16-26(35)11-13-29(22)34)21-42-31-14-10-24(18-30(31)36)33(37)41-2/h10-11,13-14,16,18,23,25,27-28,32H,4-9,12,15,17,19-21H2,1-3H3/t23-,25+,27+,28-,32+,34+/m1/s1. The van der Waals surface area contributed by atoms with Crippen LogP contribution in [0.3, 0.4) is 0 Å². The quantitative estimate of drug-likeness (QED) is 0.249. The first-order chi connectivity index (χ1) is 21.1. The number of anilines is 1. The summed E-state index contributed by atoms with van der Waals surface area (Å²) in [4.78, 5) is 15.0. The van der Waals surface area contributed by atoms with Gasteiger partial charge in [0.1, 0.15) is 5.75 Å². The average Bonchev–Trinajstić information content (AvgIpc) is 3.13. The molecule has 4 aliphatic rings. The molecule has 2 aromatic rings. The van der Waals surface area contributed by atoms with Crippen molar-refractivity contribution >= 4 is 33.4 Å². The zero-order chi connectivity index (χ0) is 31.1. The number of hydrogen-bond acceptors (Lipinski definition) is 8. The number of fused-ring (bicyclic) bond motifs is 3. The number of rotatable bonds is 8. The highest BCUT2D eigenvalue weighted by atomic mass is 35.5. The fraction of sp³-hybridized carbons (Fsp3) is 0.618. The van der Waals surface area contributed by atoms with Crippen molar-refractivity contribution in [2.45, 2.75) is 75.4 Å². The number of carbonyl (C=O) groups excluding carboxylic acids is 1. The monoisotopic (exact) mass is 645 g/mol. The summed E-state index contributed by atoms with van der Waals surface area (Å²) in [7, 11) is -0.308. The van der Waals surface area contributed by atoms with Crippen molar-refractivity contribution in [3.05, 3.63) is 58.1 Å². The van der Waals surface area contributed by atoms with Crippen LogP contribution in [-0.4, -0.2) is 66.8 Å². The lowest BCUT2D eigenvalue weighted by Gasteiger charge is -2.48. The molecule has 1 spiro atoms. The van der Waals surface area contributed by atoms with E-state index in [1.807, 2.05) is 18.2 Å². The Hall–Kier alpha value is -2.33. The first kappa shape index (κ1) is 31.6. The molecule has 2 saturated carbocycles. The highest BCUT2D eigenvalue weighted by molar-refractivity contribution is 7.86. The maximum atomic E-state index is 12.6. The van der Waals surface area contributed by atoms with Crippen LogP contribution in [-0.2, 0) is 35.6 Å². The summed E-state index contributed by atoms with van der Waals surface area (Å²) in [5, 5.41) is 0.757. The minimum Gasteiger partial charge on any atom is -0.490 e. The Kier molecular flexibility index (Phi) is 9.22. The summed E-state index contributed by atoms with van der Waals surface area (Å²) < 4.78 is 47.0. The molecule has 2 aromatic carbocycles. The Labute approximate surface area is 266 Å². The Morgan fingerprint density at radius 3 is 2.68 bits per heavy atom. The van der Waals surface area contributed by atoms with Crippen molar-refractivity contribution < 1.29 is 31.6 Å². The first-order valence-electron chi connectivity index (χ1n) is 15.9. The maximum Gasteiger partial charge on any atom is 0.337 e. The SMILES string of the molecule is COC(=O)c1ccc2c(c1)N(C[C@@H]1CC[C@H]1[C@@H](OC)[C@@H]1CCC[C@H](OS(C)(=O)=O)C1)C[C@@]1(CCCc3cc(Cl)ccc31)CO2. The molecule has 0 bridgehead atoms. The van der Waals surface area contributed by atoms with Crippen molar-refractivity contribution in [3.63, 3.8) is 0 Å². The fourth-order valence-electron chi connectivity index (χ4n) is 8.43.